The normalized spacial score (nSPS) is 11.5. The summed E-state index contributed by atoms with van der Waals surface area (Å²) < 4.78 is 2.44. The topological polar surface area (TPSA) is 4.93 Å². The van der Waals surface area contributed by atoms with Gasteiger partial charge in [0.2, 0.25) is 0 Å². The summed E-state index contributed by atoms with van der Waals surface area (Å²) in [6.07, 6.45) is 0. The molecule has 0 aliphatic carbocycles. The van der Waals surface area contributed by atoms with Crippen molar-refractivity contribution in [2.75, 3.05) is 0 Å². The maximum Gasteiger partial charge on any atom is 0.0521 e. The van der Waals surface area contributed by atoms with Crippen LogP contribution in [0.2, 0.25) is 0 Å². The van der Waals surface area contributed by atoms with E-state index in [1.165, 1.54) is 32.9 Å². The maximum absolute atomic E-state index is 2.44. The van der Waals surface area contributed by atoms with Gasteiger partial charge in [-0.15, -0.1) is 0 Å². The van der Waals surface area contributed by atoms with E-state index in [9.17, 15) is 0 Å². The van der Waals surface area contributed by atoms with Crippen LogP contribution in [0.25, 0.3) is 21.8 Å². The highest BCUT2D eigenvalue weighted by Crippen LogP contribution is 2.32. The molecule has 0 aliphatic heterocycles. The van der Waals surface area contributed by atoms with Crippen LogP contribution >= 0.6 is 0 Å². The number of aryl methyl sites for hydroxylation is 3. The van der Waals surface area contributed by atoms with E-state index < -0.39 is 0 Å². The molecule has 3 rings (SSSR count). The van der Waals surface area contributed by atoms with Gasteiger partial charge in [-0.05, 0) is 31.9 Å². The Morgan fingerprint density at radius 2 is 1.29 bits per heavy atom. The van der Waals surface area contributed by atoms with Crippen molar-refractivity contribution in [1.82, 2.24) is 4.57 Å². The van der Waals surface area contributed by atoms with Crippen molar-refractivity contribution < 1.29 is 0 Å². The fourth-order valence-electron chi connectivity index (χ4n) is 2.90. The van der Waals surface area contributed by atoms with Gasteiger partial charge in [0, 0.05) is 17.3 Å². The molecule has 1 heteroatoms. The van der Waals surface area contributed by atoms with Crippen molar-refractivity contribution in [2.24, 2.45) is 0 Å². The lowest BCUT2D eigenvalue weighted by Crippen LogP contribution is -1.96. The first kappa shape index (κ1) is 10.4. The molecule has 1 aromatic heterocycles. The van der Waals surface area contributed by atoms with Crippen molar-refractivity contribution in [3.63, 3.8) is 0 Å². The summed E-state index contributed by atoms with van der Waals surface area (Å²) in [5.74, 6) is 0. The minimum Gasteiger partial charge on any atom is -0.340 e. The zero-order valence-electron chi connectivity index (χ0n) is 10.6. The fourth-order valence-corrected chi connectivity index (χ4v) is 2.90. The molecule has 0 atom stereocenters. The van der Waals surface area contributed by atoms with E-state index in [1.807, 2.05) is 0 Å². The molecule has 0 fully saturated rings. The van der Waals surface area contributed by atoms with E-state index in [2.05, 4.69) is 61.7 Å². The Balaban J connectivity index is 2.67. The van der Waals surface area contributed by atoms with E-state index >= 15 is 0 Å². The van der Waals surface area contributed by atoms with E-state index in [-0.39, 0.29) is 0 Å². The number of hydrogen-bond acceptors (Lipinski definition) is 0. The molecule has 0 bridgehead atoms. The number of aromatic nitrogens is 1. The van der Waals surface area contributed by atoms with Crippen LogP contribution < -0.4 is 0 Å². The largest absolute Gasteiger partial charge is 0.340 e. The molecule has 86 valence electrons. The molecule has 17 heavy (non-hydrogen) atoms. The van der Waals surface area contributed by atoms with Crippen LogP contribution in [0.3, 0.4) is 0 Å². The molecule has 2 aromatic carbocycles. The van der Waals surface area contributed by atoms with E-state index in [0.29, 0.717) is 0 Å². The van der Waals surface area contributed by atoms with Gasteiger partial charge in [0.1, 0.15) is 0 Å². The van der Waals surface area contributed by atoms with Crippen molar-refractivity contribution in [1.29, 1.82) is 0 Å². The second-order valence-corrected chi connectivity index (χ2v) is 4.69. The highest BCUT2D eigenvalue weighted by molar-refractivity contribution is 6.09. The molecule has 0 unspecified atom stereocenters. The summed E-state index contributed by atoms with van der Waals surface area (Å²) in [7, 11) is 0. The number of benzene rings is 2. The summed E-state index contributed by atoms with van der Waals surface area (Å²) in [6, 6.07) is 13.2. The molecule has 0 saturated heterocycles. The molecule has 0 amide bonds. The smallest absolute Gasteiger partial charge is 0.0521 e. The SMILES string of the molecule is CCn1c2c(C)cccc2c2cccc(C)c21. The Labute approximate surface area is 102 Å². The Hall–Kier alpha value is -1.76. The van der Waals surface area contributed by atoms with Crippen LogP contribution in [-0.2, 0) is 6.54 Å². The molecule has 0 aliphatic rings. The molecule has 0 N–H and O–H groups in total. The Morgan fingerprint density at radius 1 is 0.824 bits per heavy atom. The Bertz CT molecular complexity index is 645. The minimum absolute atomic E-state index is 1.02. The van der Waals surface area contributed by atoms with Gasteiger partial charge < -0.3 is 4.57 Å². The van der Waals surface area contributed by atoms with Gasteiger partial charge in [-0.25, -0.2) is 0 Å². The zero-order valence-corrected chi connectivity index (χ0v) is 10.6. The van der Waals surface area contributed by atoms with Crippen molar-refractivity contribution in [3.8, 4) is 0 Å². The Kier molecular flexibility index (Phi) is 2.22. The average Bonchev–Trinajstić information content (AvgIpc) is 2.66. The molecule has 0 radical (unpaired) electrons. The van der Waals surface area contributed by atoms with Gasteiger partial charge in [-0.3, -0.25) is 0 Å². The van der Waals surface area contributed by atoms with Crippen LogP contribution in [-0.4, -0.2) is 4.57 Å². The van der Waals surface area contributed by atoms with E-state index in [1.54, 1.807) is 0 Å². The van der Waals surface area contributed by atoms with Gasteiger partial charge in [0.25, 0.3) is 0 Å². The van der Waals surface area contributed by atoms with Crippen LogP contribution in [0.1, 0.15) is 18.1 Å². The predicted molar refractivity (Wildman–Crippen MR) is 74.6 cm³/mol. The highest BCUT2D eigenvalue weighted by atomic mass is 15.0. The first-order valence-corrected chi connectivity index (χ1v) is 6.21. The summed E-state index contributed by atoms with van der Waals surface area (Å²) in [5.41, 5.74) is 5.50. The third kappa shape index (κ3) is 1.32. The number of para-hydroxylation sites is 2. The molecular weight excluding hydrogens is 206 g/mol. The van der Waals surface area contributed by atoms with Crippen LogP contribution in [0.5, 0.6) is 0 Å². The Morgan fingerprint density at radius 3 is 1.71 bits per heavy atom. The summed E-state index contributed by atoms with van der Waals surface area (Å²) in [4.78, 5) is 0. The zero-order chi connectivity index (χ0) is 12.0. The van der Waals surface area contributed by atoms with Gasteiger partial charge in [-0.1, -0.05) is 36.4 Å². The van der Waals surface area contributed by atoms with Crippen LogP contribution in [0.15, 0.2) is 36.4 Å². The van der Waals surface area contributed by atoms with Gasteiger partial charge in [0.05, 0.1) is 11.0 Å². The lowest BCUT2D eigenvalue weighted by molar-refractivity contribution is 0.822. The van der Waals surface area contributed by atoms with Crippen molar-refractivity contribution in [2.45, 2.75) is 27.3 Å². The lowest BCUT2D eigenvalue weighted by Gasteiger charge is -2.06. The van der Waals surface area contributed by atoms with E-state index in [0.717, 1.165) is 6.54 Å². The molecule has 1 nitrogen and oxygen atoms in total. The third-order valence-electron chi connectivity index (χ3n) is 3.62. The maximum atomic E-state index is 2.44. The first-order valence-electron chi connectivity index (χ1n) is 6.21. The monoisotopic (exact) mass is 223 g/mol. The standard InChI is InChI=1S/C16H17N/c1-4-17-15-11(2)7-5-9-13(15)14-10-6-8-12(3)16(14)17/h5-10H,4H2,1-3H3. The highest BCUT2D eigenvalue weighted by Gasteiger charge is 2.11. The molecule has 3 aromatic rings. The molecule has 1 heterocycles. The van der Waals surface area contributed by atoms with Crippen molar-refractivity contribution in [3.05, 3.63) is 47.5 Å². The lowest BCUT2D eigenvalue weighted by atomic mass is 10.1. The average molecular weight is 223 g/mol. The fraction of sp³-hybridized carbons (Fsp3) is 0.250. The number of fused-ring (bicyclic) bond motifs is 3. The number of nitrogens with zero attached hydrogens (tertiary/aromatic N) is 1. The van der Waals surface area contributed by atoms with Crippen LogP contribution in [0, 0.1) is 13.8 Å². The third-order valence-corrected chi connectivity index (χ3v) is 3.62. The van der Waals surface area contributed by atoms with Gasteiger partial charge in [-0.2, -0.15) is 0 Å². The second-order valence-electron chi connectivity index (χ2n) is 4.69. The predicted octanol–water partition coefficient (Wildman–Crippen LogP) is 4.43. The van der Waals surface area contributed by atoms with Gasteiger partial charge >= 0.3 is 0 Å². The quantitative estimate of drug-likeness (QED) is 0.575. The van der Waals surface area contributed by atoms with Crippen LogP contribution in [0.4, 0.5) is 0 Å². The molecule has 0 saturated carbocycles. The summed E-state index contributed by atoms with van der Waals surface area (Å²) in [6.45, 7) is 7.64. The summed E-state index contributed by atoms with van der Waals surface area (Å²) in [5, 5.41) is 2.76. The van der Waals surface area contributed by atoms with E-state index in [4.69, 9.17) is 0 Å². The first-order chi connectivity index (χ1) is 8.24. The number of rotatable bonds is 1. The second kappa shape index (κ2) is 3.63. The van der Waals surface area contributed by atoms with Gasteiger partial charge in [0.15, 0.2) is 0 Å². The van der Waals surface area contributed by atoms with Crippen molar-refractivity contribution >= 4 is 21.8 Å². The molecule has 0 spiro atoms. The minimum atomic E-state index is 1.02. The molecular formula is C16H17N. The number of hydrogen-bond donors (Lipinski definition) is 0. The summed E-state index contributed by atoms with van der Waals surface area (Å²) >= 11 is 0.